The molecule has 0 radical (unpaired) electrons. The first-order valence-corrected chi connectivity index (χ1v) is 47.0. The van der Waals surface area contributed by atoms with Crippen molar-refractivity contribution in [2.75, 3.05) is 39.6 Å². The minimum absolute atomic E-state index is 0.108. The van der Waals surface area contributed by atoms with Gasteiger partial charge in [0.15, 0.2) is 12.2 Å². The lowest BCUT2D eigenvalue weighted by Gasteiger charge is -2.21. The highest BCUT2D eigenvalue weighted by molar-refractivity contribution is 7.47. The maximum Gasteiger partial charge on any atom is 0.472 e. The largest absolute Gasteiger partial charge is 0.472 e. The molecule has 618 valence electrons. The Hall–Kier alpha value is -1.94. The molecule has 0 aliphatic rings. The minimum Gasteiger partial charge on any atom is -0.462 e. The Balaban J connectivity index is 5.23. The molecule has 104 heavy (non-hydrogen) atoms. The van der Waals surface area contributed by atoms with Gasteiger partial charge in [0.1, 0.15) is 19.3 Å². The number of esters is 4. The maximum atomic E-state index is 13.1. The predicted octanol–water partition coefficient (Wildman–Crippen LogP) is 25.8. The Labute approximate surface area is 638 Å². The summed E-state index contributed by atoms with van der Waals surface area (Å²) < 4.78 is 68.9. The summed E-state index contributed by atoms with van der Waals surface area (Å²) in [6.45, 7) is 9.64. The van der Waals surface area contributed by atoms with Crippen LogP contribution in [0, 0.1) is 11.8 Å². The van der Waals surface area contributed by atoms with Crippen LogP contribution < -0.4 is 0 Å². The molecule has 5 atom stereocenters. The van der Waals surface area contributed by atoms with Crippen molar-refractivity contribution in [1.29, 1.82) is 0 Å². The molecule has 0 aromatic heterocycles. The van der Waals surface area contributed by atoms with E-state index in [-0.39, 0.29) is 25.7 Å². The minimum atomic E-state index is -4.97. The van der Waals surface area contributed by atoms with Gasteiger partial charge in [-0.15, -0.1) is 0 Å². The molecule has 0 bridgehead atoms. The van der Waals surface area contributed by atoms with Crippen molar-refractivity contribution in [3.05, 3.63) is 0 Å². The van der Waals surface area contributed by atoms with Crippen molar-refractivity contribution < 1.29 is 80.2 Å². The van der Waals surface area contributed by atoms with Crippen LogP contribution in [0.1, 0.15) is 452 Å². The van der Waals surface area contributed by atoms with Gasteiger partial charge in [0, 0.05) is 25.7 Å². The molecule has 0 rings (SSSR count). The summed E-state index contributed by atoms with van der Waals surface area (Å²) in [5.74, 6) is -0.592. The van der Waals surface area contributed by atoms with Gasteiger partial charge in [-0.25, -0.2) is 9.13 Å². The molecule has 2 unspecified atom stereocenters. The first-order chi connectivity index (χ1) is 50.4. The number of unbranched alkanes of at least 4 members (excludes halogenated alkanes) is 54. The average molecular weight is 1520 g/mol. The van der Waals surface area contributed by atoms with Crippen molar-refractivity contribution in [1.82, 2.24) is 0 Å². The maximum absolute atomic E-state index is 13.1. The number of phosphoric ester groups is 2. The Morgan fingerprint density at radius 1 is 0.260 bits per heavy atom. The summed E-state index contributed by atoms with van der Waals surface area (Å²) in [7, 11) is -9.93. The van der Waals surface area contributed by atoms with Gasteiger partial charge in [0.25, 0.3) is 0 Å². The van der Waals surface area contributed by atoms with Crippen LogP contribution in [0.4, 0.5) is 0 Å². The quantitative estimate of drug-likeness (QED) is 0.0222. The highest BCUT2D eigenvalue weighted by Crippen LogP contribution is 2.45. The van der Waals surface area contributed by atoms with E-state index in [0.717, 1.165) is 102 Å². The number of aliphatic hydroxyl groups is 1. The zero-order valence-electron chi connectivity index (χ0n) is 68.3. The second kappa shape index (κ2) is 76.4. The fraction of sp³-hybridized carbons (Fsp3) is 0.953. The summed E-state index contributed by atoms with van der Waals surface area (Å²) in [5.41, 5.74) is 0. The summed E-state index contributed by atoms with van der Waals surface area (Å²) in [6.07, 6.45) is 68.1. The van der Waals surface area contributed by atoms with Crippen molar-refractivity contribution in [2.45, 2.75) is 471 Å². The zero-order chi connectivity index (χ0) is 76.4. The molecule has 0 aromatic rings. The van der Waals surface area contributed by atoms with E-state index in [1.165, 1.54) is 263 Å². The molecule has 19 heteroatoms. The lowest BCUT2D eigenvalue weighted by atomic mass is 10.0. The molecule has 0 spiro atoms. The first kappa shape index (κ1) is 102. The van der Waals surface area contributed by atoms with Crippen LogP contribution in [0.25, 0.3) is 0 Å². The highest BCUT2D eigenvalue weighted by Gasteiger charge is 2.30. The third-order valence-electron chi connectivity index (χ3n) is 20.0. The monoisotopic (exact) mass is 1520 g/mol. The second-order valence-corrected chi connectivity index (χ2v) is 34.4. The molecule has 0 saturated carbocycles. The first-order valence-electron chi connectivity index (χ1n) is 44.0. The Morgan fingerprint density at radius 2 is 0.442 bits per heavy atom. The van der Waals surface area contributed by atoms with E-state index in [1.807, 2.05) is 0 Å². The standard InChI is InChI=1S/C85H166O17P2/c1-7-9-11-13-15-17-19-21-23-25-26-27-28-32-37-41-45-51-58-64-69-84(89)101-80(73-95-82(87)67-61-55-49-43-39-35-33-29-30-34-38-42-47-53-59-65-77(3)4)75-99-103(91,92)97-71-79(86)72-98-104(93,94)100-76-81(74-96-83(88)68-62-56-52-46-48-54-60-66-78(5)6)102-85(90)70-63-57-50-44-40-36-31-24-22-20-18-16-14-12-10-8-2/h77-81,86H,7-76H2,1-6H3,(H,91,92)(H,93,94)/t79-,80-,81-/m1/s1. The van der Waals surface area contributed by atoms with Gasteiger partial charge in [0.2, 0.25) is 0 Å². The molecule has 3 N–H and O–H groups in total. The average Bonchev–Trinajstić information content (AvgIpc) is 0.977. The SMILES string of the molecule is CCCCCCCCCCCCCCCCCCCCCCC(=O)O[C@H](COC(=O)CCCCCCCCCCCCCCCCCC(C)C)COP(=O)(O)OC[C@@H](O)COP(=O)(O)OC[C@@H](COC(=O)CCCCCCCCCC(C)C)OC(=O)CCCCCCCCCCCCCCCCCC. The van der Waals surface area contributed by atoms with E-state index < -0.39 is 97.5 Å². The molecular formula is C85H166O17P2. The second-order valence-electron chi connectivity index (χ2n) is 31.5. The van der Waals surface area contributed by atoms with Gasteiger partial charge >= 0.3 is 39.5 Å². The third-order valence-corrected chi connectivity index (χ3v) is 21.9. The number of aliphatic hydroxyl groups excluding tert-OH is 1. The van der Waals surface area contributed by atoms with E-state index in [4.69, 9.17) is 37.0 Å². The van der Waals surface area contributed by atoms with E-state index in [1.54, 1.807) is 0 Å². The van der Waals surface area contributed by atoms with E-state index in [0.29, 0.717) is 31.6 Å². The number of hydrogen-bond donors (Lipinski definition) is 3. The summed E-state index contributed by atoms with van der Waals surface area (Å²) in [4.78, 5) is 73.2. The molecule has 0 aliphatic heterocycles. The van der Waals surface area contributed by atoms with Crippen LogP contribution in [0.3, 0.4) is 0 Å². The molecule has 0 heterocycles. The van der Waals surface area contributed by atoms with Gasteiger partial charge in [-0.1, -0.05) is 401 Å². The van der Waals surface area contributed by atoms with Crippen molar-refractivity contribution >= 4 is 39.5 Å². The smallest absolute Gasteiger partial charge is 0.462 e. The molecule has 0 aromatic carbocycles. The Bertz CT molecular complexity index is 1990. The summed E-state index contributed by atoms with van der Waals surface area (Å²) in [5, 5.41) is 10.7. The van der Waals surface area contributed by atoms with Crippen molar-refractivity contribution in [2.24, 2.45) is 11.8 Å². The molecule has 17 nitrogen and oxygen atoms in total. The number of ether oxygens (including phenoxy) is 4. The van der Waals surface area contributed by atoms with E-state index in [9.17, 15) is 43.2 Å². The highest BCUT2D eigenvalue weighted by atomic mass is 31.2. The number of carbonyl (C=O) groups is 4. The van der Waals surface area contributed by atoms with Gasteiger partial charge in [-0.3, -0.25) is 37.3 Å². The number of phosphoric acid groups is 2. The van der Waals surface area contributed by atoms with Crippen LogP contribution >= 0.6 is 15.6 Å². The van der Waals surface area contributed by atoms with Crippen LogP contribution in [0.5, 0.6) is 0 Å². The van der Waals surface area contributed by atoms with Crippen LogP contribution in [0.15, 0.2) is 0 Å². The third kappa shape index (κ3) is 78.2. The normalized spacial score (nSPS) is 13.8. The molecule has 0 saturated heterocycles. The molecular weight excluding hydrogens is 1350 g/mol. The predicted molar refractivity (Wildman–Crippen MR) is 428 cm³/mol. The van der Waals surface area contributed by atoms with Crippen LogP contribution in [-0.2, 0) is 65.4 Å². The fourth-order valence-corrected chi connectivity index (χ4v) is 14.8. The molecule has 0 fully saturated rings. The summed E-state index contributed by atoms with van der Waals surface area (Å²) >= 11 is 0. The lowest BCUT2D eigenvalue weighted by Crippen LogP contribution is -2.30. The topological polar surface area (TPSA) is 237 Å². The van der Waals surface area contributed by atoms with Crippen molar-refractivity contribution in [3.63, 3.8) is 0 Å². The fourth-order valence-electron chi connectivity index (χ4n) is 13.2. The van der Waals surface area contributed by atoms with Crippen molar-refractivity contribution in [3.8, 4) is 0 Å². The van der Waals surface area contributed by atoms with E-state index >= 15 is 0 Å². The van der Waals surface area contributed by atoms with Gasteiger partial charge in [-0.2, -0.15) is 0 Å². The summed E-state index contributed by atoms with van der Waals surface area (Å²) in [6, 6.07) is 0. The van der Waals surface area contributed by atoms with Crippen LogP contribution in [-0.4, -0.2) is 96.7 Å². The molecule has 0 aliphatic carbocycles. The number of rotatable bonds is 84. The number of hydrogen-bond acceptors (Lipinski definition) is 15. The Morgan fingerprint density at radius 3 is 0.654 bits per heavy atom. The number of carbonyl (C=O) groups excluding carboxylic acids is 4. The van der Waals surface area contributed by atoms with E-state index in [2.05, 4.69) is 41.5 Å². The van der Waals surface area contributed by atoms with Gasteiger partial charge < -0.3 is 33.8 Å². The van der Waals surface area contributed by atoms with Gasteiger partial charge in [-0.05, 0) is 37.5 Å². The van der Waals surface area contributed by atoms with Gasteiger partial charge in [0.05, 0.1) is 26.4 Å². The molecule has 0 amide bonds. The van der Waals surface area contributed by atoms with Crippen LogP contribution in [0.2, 0.25) is 0 Å². The lowest BCUT2D eigenvalue weighted by molar-refractivity contribution is -0.161. The Kier molecular flexibility index (Phi) is 75.0. The zero-order valence-corrected chi connectivity index (χ0v) is 70.1.